The number of nitrogens with zero attached hydrogens (tertiary/aromatic N) is 2. The molecule has 0 aliphatic carbocycles. The van der Waals surface area contributed by atoms with Gasteiger partial charge >= 0.3 is 5.97 Å². The third kappa shape index (κ3) is 7.14. The van der Waals surface area contributed by atoms with Gasteiger partial charge in [-0.05, 0) is 54.8 Å². The van der Waals surface area contributed by atoms with Crippen molar-refractivity contribution >= 4 is 59.0 Å². The van der Waals surface area contributed by atoms with Crippen LogP contribution in [-0.2, 0) is 28.8 Å². The maximum absolute atomic E-state index is 14.0. The maximum atomic E-state index is 14.0. The molecular formula is C36H36N6O9S2. The average molecular weight is 761 g/mol. The summed E-state index contributed by atoms with van der Waals surface area (Å²) in [5.74, 6) is -4.08. The van der Waals surface area contributed by atoms with E-state index in [4.69, 9.17) is 5.73 Å². The minimum Gasteiger partial charge on any atom is -0.508 e. The molecule has 4 heterocycles. The van der Waals surface area contributed by atoms with E-state index in [0.717, 1.165) is 4.90 Å². The number of hydrogen-bond acceptors (Lipinski definition) is 11. The van der Waals surface area contributed by atoms with Gasteiger partial charge in [-0.15, -0.1) is 11.8 Å². The smallest absolute Gasteiger partial charge is 0.352 e. The first-order valence-electron chi connectivity index (χ1n) is 16.5. The van der Waals surface area contributed by atoms with Crippen LogP contribution in [0.1, 0.15) is 37.1 Å². The number of nitrogens with two attached hydrogens (primary N) is 1. The summed E-state index contributed by atoms with van der Waals surface area (Å²) in [7, 11) is 0. The predicted octanol–water partition coefficient (Wildman–Crippen LogP) is 1.50. The van der Waals surface area contributed by atoms with Gasteiger partial charge in [-0.2, -0.15) is 0 Å². The molecule has 6 atom stereocenters. The zero-order valence-corrected chi connectivity index (χ0v) is 30.0. The molecule has 6 rings (SSSR count). The van der Waals surface area contributed by atoms with Gasteiger partial charge in [-0.3, -0.25) is 28.9 Å². The number of nitrogens with one attached hydrogen (secondary N) is 3. The van der Waals surface area contributed by atoms with E-state index in [0.29, 0.717) is 21.8 Å². The number of benzene rings is 2. The van der Waals surface area contributed by atoms with E-state index < -0.39 is 70.4 Å². The Bertz CT molecular complexity index is 2000. The van der Waals surface area contributed by atoms with Crippen molar-refractivity contribution in [2.75, 3.05) is 12.3 Å². The number of aliphatic carboxylic acids is 1. The first kappa shape index (κ1) is 37.2. The van der Waals surface area contributed by atoms with Gasteiger partial charge in [0.2, 0.25) is 17.7 Å². The number of amides is 5. The molecule has 1 unspecified atom stereocenters. The standard InChI is InChI=1S/C36H36N6O9S2/c1-3-5-19-16-52-35-27(33(49)42(35)28(19)36(50)51)40-31(47)25(18-9-13-21(44)14-10-18)38-29(45)22-15-41-32(48)26(34(41)53-23(22)6-4-2)39-30(46)24(37)17-7-11-20(43)12-8-17/h3-14,24-27,34-35,43-44H,15-16,37H2,1-2H3,(H,38,45)(H,39,46)(H,40,47)(H,50,51)/b5-3+,6-4+/t24-,25-,26+,27-,34?,35-/m1/s1. The molecule has 2 saturated heterocycles. The number of fused-ring (bicyclic) bond motifs is 2. The molecule has 2 aromatic rings. The molecule has 0 bridgehead atoms. The van der Waals surface area contributed by atoms with Gasteiger partial charge in [-0.25, -0.2) is 4.79 Å². The minimum atomic E-state index is -1.35. The Labute approximate surface area is 312 Å². The van der Waals surface area contributed by atoms with Crippen molar-refractivity contribution in [2.45, 2.75) is 48.8 Å². The number of carbonyl (C=O) groups is 6. The number of β-lactam (4-membered cyclic amide) rings is 2. The fourth-order valence-electron chi connectivity index (χ4n) is 6.35. The summed E-state index contributed by atoms with van der Waals surface area (Å²) in [5.41, 5.74) is 7.35. The topological polar surface area (TPSA) is 232 Å². The number of carbonyl (C=O) groups excluding carboxylic acids is 5. The number of rotatable bonds is 11. The molecule has 2 fully saturated rings. The molecule has 0 saturated carbocycles. The van der Waals surface area contributed by atoms with Gasteiger partial charge in [0.25, 0.3) is 11.8 Å². The van der Waals surface area contributed by atoms with Gasteiger partial charge in [0.05, 0.1) is 6.54 Å². The monoisotopic (exact) mass is 760 g/mol. The molecule has 276 valence electrons. The van der Waals surface area contributed by atoms with Crippen molar-refractivity contribution in [1.29, 1.82) is 0 Å². The number of hydrogen-bond donors (Lipinski definition) is 7. The third-order valence-electron chi connectivity index (χ3n) is 9.07. The van der Waals surface area contributed by atoms with Gasteiger partial charge in [-0.1, -0.05) is 60.3 Å². The van der Waals surface area contributed by atoms with Crippen LogP contribution in [0.2, 0.25) is 0 Å². The number of carboxylic acids is 1. The van der Waals surface area contributed by atoms with E-state index in [2.05, 4.69) is 16.0 Å². The van der Waals surface area contributed by atoms with Crippen molar-refractivity contribution in [3.63, 3.8) is 0 Å². The molecule has 8 N–H and O–H groups in total. The molecule has 4 aliphatic heterocycles. The van der Waals surface area contributed by atoms with Crippen LogP contribution in [0.15, 0.2) is 94.6 Å². The number of aromatic hydroxyl groups is 2. The second kappa shape index (κ2) is 15.2. The van der Waals surface area contributed by atoms with Gasteiger partial charge < -0.3 is 41.9 Å². The summed E-state index contributed by atoms with van der Waals surface area (Å²) in [6.45, 7) is 3.36. The van der Waals surface area contributed by atoms with Crippen molar-refractivity contribution in [2.24, 2.45) is 5.73 Å². The lowest BCUT2D eigenvalue weighted by Crippen LogP contribution is -2.71. The van der Waals surface area contributed by atoms with Crippen molar-refractivity contribution in [3.8, 4) is 11.5 Å². The highest BCUT2D eigenvalue weighted by molar-refractivity contribution is 8.04. The second-order valence-electron chi connectivity index (χ2n) is 12.4. The van der Waals surface area contributed by atoms with E-state index in [-0.39, 0.29) is 34.9 Å². The number of phenolic OH excluding ortho intramolecular Hbond substituents is 2. The Hall–Kier alpha value is -5.52. The summed E-state index contributed by atoms with van der Waals surface area (Å²) < 4.78 is 0. The average Bonchev–Trinajstić information content (AvgIpc) is 3.14. The Kier molecular flexibility index (Phi) is 10.7. The van der Waals surface area contributed by atoms with E-state index >= 15 is 0 Å². The third-order valence-corrected chi connectivity index (χ3v) is 11.8. The van der Waals surface area contributed by atoms with Crippen LogP contribution in [-0.4, -0.2) is 95.8 Å². The first-order chi connectivity index (χ1) is 25.3. The van der Waals surface area contributed by atoms with Crippen LogP contribution in [0.3, 0.4) is 0 Å². The molecule has 4 aliphatic rings. The van der Waals surface area contributed by atoms with Crippen molar-refractivity contribution < 1.29 is 44.1 Å². The van der Waals surface area contributed by atoms with E-state index in [1.54, 1.807) is 38.2 Å². The van der Waals surface area contributed by atoms with E-state index in [1.807, 2.05) is 0 Å². The molecule has 17 heteroatoms. The van der Waals surface area contributed by atoms with Crippen LogP contribution in [0.25, 0.3) is 0 Å². The van der Waals surface area contributed by atoms with Gasteiger partial charge in [0, 0.05) is 16.2 Å². The van der Waals surface area contributed by atoms with E-state index in [9.17, 15) is 44.1 Å². The number of thioether (sulfide) groups is 2. The summed E-state index contributed by atoms with van der Waals surface area (Å²) in [5, 5.41) is 36.2. The maximum Gasteiger partial charge on any atom is 0.352 e. The first-order valence-corrected chi connectivity index (χ1v) is 18.4. The molecule has 0 radical (unpaired) electrons. The molecule has 53 heavy (non-hydrogen) atoms. The fraction of sp³-hybridized carbons (Fsp3) is 0.278. The second-order valence-corrected chi connectivity index (χ2v) is 14.7. The van der Waals surface area contributed by atoms with Crippen LogP contribution in [0.4, 0.5) is 0 Å². The van der Waals surface area contributed by atoms with Crippen LogP contribution in [0.5, 0.6) is 11.5 Å². The molecular weight excluding hydrogens is 725 g/mol. The summed E-state index contributed by atoms with van der Waals surface area (Å²) in [6.07, 6.45) is 6.71. The molecule has 5 amide bonds. The molecule has 0 spiro atoms. The zero-order chi connectivity index (χ0) is 38.1. The Balaban J connectivity index is 1.19. The summed E-state index contributed by atoms with van der Waals surface area (Å²) in [4.78, 5) is 82.5. The van der Waals surface area contributed by atoms with Crippen molar-refractivity contribution in [1.82, 2.24) is 25.8 Å². The highest BCUT2D eigenvalue weighted by Gasteiger charge is 2.55. The Morgan fingerprint density at radius 2 is 1.43 bits per heavy atom. The number of carboxylic acid groups (broad SMARTS) is 1. The van der Waals surface area contributed by atoms with Crippen LogP contribution >= 0.6 is 23.5 Å². The Morgan fingerprint density at radius 3 is 2.04 bits per heavy atom. The molecule has 2 aromatic carbocycles. The van der Waals surface area contributed by atoms with Crippen LogP contribution in [0, 0.1) is 0 Å². The van der Waals surface area contributed by atoms with Crippen LogP contribution < -0.4 is 21.7 Å². The highest BCUT2D eigenvalue weighted by Crippen LogP contribution is 2.43. The SMILES string of the molecule is C/C=C/C1=C(C(=O)O)N2C(=O)[C@@H](NC(=O)[C@H](NC(=O)C3=C(/C=C/C)SC4[C@@H](NC(=O)[C@H](N)c5ccc(O)cc5)C(=O)N4C3)c3ccc(O)cc3)[C@H]2SC1. The largest absolute Gasteiger partial charge is 0.508 e. The lowest BCUT2D eigenvalue weighted by Gasteiger charge is -2.50. The predicted molar refractivity (Wildman–Crippen MR) is 195 cm³/mol. The number of phenols is 2. The van der Waals surface area contributed by atoms with E-state index in [1.165, 1.54) is 77.0 Å². The summed E-state index contributed by atoms with van der Waals surface area (Å²) >= 11 is 2.49. The zero-order valence-electron chi connectivity index (χ0n) is 28.4. The summed E-state index contributed by atoms with van der Waals surface area (Å²) in [6, 6.07) is 6.96. The van der Waals surface area contributed by atoms with Crippen molar-refractivity contribution in [3.05, 3.63) is 106 Å². The molecule has 0 aromatic heterocycles. The highest BCUT2D eigenvalue weighted by atomic mass is 32.2. The normalized spacial score (nSPS) is 23.5. The fourth-order valence-corrected chi connectivity index (χ4v) is 9.07. The minimum absolute atomic E-state index is 0.0129. The van der Waals surface area contributed by atoms with Gasteiger partial charge in [0.15, 0.2) is 0 Å². The lowest BCUT2D eigenvalue weighted by molar-refractivity contribution is -0.151. The lowest BCUT2D eigenvalue weighted by atomic mass is 9.99. The quantitative estimate of drug-likeness (QED) is 0.162. The number of allylic oxidation sites excluding steroid dienone is 4. The molecule has 15 nitrogen and oxygen atoms in total. The Morgan fingerprint density at radius 1 is 0.849 bits per heavy atom. The van der Waals surface area contributed by atoms with Gasteiger partial charge in [0.1, 0.15) is 52.1 Å².